The standard InChI is InChI=1S/C19H20N2O6/c1-25-14-8-6-13(7-9-14)10-21-17(22)11-27-18(23)12-26-16-5-3-2-4-15(16)19(20)24/h2-9H,10-12H2,1H3,(H2,20,24)(H,21,22). The highest BCUT2D eigenvalue weighted by atomic mass is 16.6. The molecule has 2 amide bonds. The molecule has 0 saturated heterocycles. The maximum atomic E-state index is 11.7. The Morgan fingerprint density at radius 1 is 1.00 bits per heavy atom. The summed E-state index contributed by atoms with van der Waals surface area (Å²) in [5.41, 5.74) is 6.25. The number of rotatable bonds is 9. The second-order valence-corrected chi connectivity index (χ2v) is 5.43. The minimum absolute atomic E-state index is 0.155. The van der Waals surface area contributed by atoms with Gasteiger partial charge in [-0.3, -0.25) is 9.59 Å². The second-order valence-electron chi connectivity index (χ2n) is 5.43. The van der Waals surface area contributed by atoms with E-state index >= 15 is 0 Å². The van der Waals surface area contributed by atoms with Gasteiger partial charge in [0.1, 0.15) is 11.5 Å². The highest BCUT2D eigenvalue weighted by Gasteiger charge is 2.12. The summed E-state index contributed by atoms with van der Waals surface area (Å²) in [5.74, 6) is -0.967. The first kappa shape index (κ1) is 19.8. The van der Waals surface area contributed by atoms with Crippen molar-refractivity contribution in [3.05, 3.63) is 59.7 Å². The zero-order valence-electron chi connectivity index (χ0n) is 14.8. The fourth-order valence-corrected chi connectivity index (χ4v) is 2.12. The first-order valence-electron chi connectivity index (χ1n) is 8.06. The number of hydrogen-bond donors (Lipinski definition) is 2. The van der Waals surface area contributed by atoms with E-state index in [1.54, 1.807) is 31.4 Å². The van der Waals surface area contributed by atoms with Crippen LogP contribution in [-0.2, 0) is 20.9 Å². The largest absolute Gasteiger partial charge is 0.497 e. The molecule has 3 N–H and O–H groups in total. The number of carbonyl (C=O) groups excluding carboxylic acids is 3. The summed E-state index contributed by atoms with van der Waals surface area (Å²) >= 11 is 0. The van der Waals surface area contributed by atoms with Crippen LogP contribution in [0.15, 0.2) is 48.5 Å². The Balaban J connectivity index is 1.71. The summed E-state index contributed by atoms with van der Waals surface area (Å²) in [6.07, 6.45) is 0. The van der Waals surface area contributed by atoms with E-state index in [1.165, 1.54) is 12.1 Å². The van der Waals surface area contributed by atoms with E-state index in [-0.39, 0.29) is 11.3 Å². The summed E-state index contributed by atoms with van der Waals surface area (Å²) in [6.45, 7) is -0.589. The topological polar surface area (TPSA) is 117 Å². The Bertz CT molecular complexity index is 804. The summed E-state index contributed by atoms with van der Waals surface area (Å²) in [4.78, 5) is 34.7. The Morgan fingerprint density at radius 3 is 2.37 bits per heavy atom. The van der Waals surface area contributed by atoms with Gasteiger partial charge < -0.3 is 25.3 Å². The molecule has 2 rings (SSSR count). The first-order chi connectivity index (χ1) is 13.0. The number of benzene rings is 2. The van der Waals surface area contributed by atoms with Crippen LogP contribution in [0.4, 0.5) is 0 Å². The molecule has 0 radical (unpaired) electrons. The van der Waals surface area contributed by atoms with Crippen LogP contribution in [-0.4, -0.2) is 38.1 Å². The fourth-order valence-electron chi connectivity index (χ4n) is 2.12. The van der Waals surface area contributed by atoms with Crippen molar-refractivity contribution in [1.82, 2.24) is 5.32 Å². The molecule has 0 unspecified atom stereocenters. The van der Waals surface area contributed by atoms with E-state index < -0.39 is 31.0 Å². The average Bonchev–Trinajstić information content (AvgIpc) is 2.69. The number of para-hydroxylation sites is 1. The fraction of sp³-hybridized carbons (Fsp3) is 0.211. The monoisotopic (exact) mass is 372 g/mol. The summed E-state index contributed by atoms with van der Waals surface area (Å²) in [7, 11) is 1.57. The molecule has 8 heteroatoms. The lowest BCUT2D eigenvalue weighted by atomic mass is 10.2. The molecular formula is C19H20N2O6. The van der Waals surface area contributed by atoms with Gasteiger partial charge in [0.25, 0.3) is 11.8 Å². The number of ether oxygens (including phenoxy) is 3. The third-order valence-electron chi connectivity index (χ3n) is 3.51. The second kappa shape index (κ2) is 9.81. The SMILES string of the molecule is COc1ccc(CNC(=O)COC(=O)COc2ccccc2C(N)=O)cc1. The third-order valence-corrected chi connectivity index (χ3v) is 3.51. The van der Waals surface area contributed by atoms with Gasteiger partial charge in [-0.1, -0.05) is 24.3 Å². The van der Waals surface area contributed by atoms with E-state index in [2.05, 4.69) is 5.32 Å². The van der Waals surface area contributed by atoms with Crippen LogP contribution in [0, 0.1) is 0 Å². The van der Waals surface area contributed by atoms with E-state index in [1.807, 2.05) is 12.1 Å². The molecule has 142 valence electrons. The van der Waals surface area contributed by atoms with Crippen LogP contribution in [0.2, 0.25) is 0 Å². The molecule has 8 nitrogen and oxygen atoms in total. The lowest BCUT2D eigenvalue weighted by Crippen LogP contribution is -2.29. The zero-order chi connectivity index (χ0) is 19.6. The number of methoxy groups -OCH3 is 1. The van der Waals surface area contributed by atoms with Crippen molar-refractivity contribution in [3.63, 3.8) is 0 Å². The molecule has 0 fully saturated rings. The van der Waals surface area contributed by atoms with E-state index in [9.17, 15) is 14.4 Å². The van der Waals surface area contributed by atoms with Crippen molar-refractivity contribution >= 4 is 17.8 Å². The van der Waals surface area contributed by atoms with Gasteiger partial charge in [0.2, 0.25) is 0 Å². The van der Waals surface area contributed by atoms with Crippen molar-refractivity contribution < 1.29 is 28.6 Å². The van der Waals surface area contributed by atoms with E-state index in [0.717, 1.165) is 11.3 Å². The Kier molecular flexibility index (Phi) is 7.18. The molecule has 0 bridgehead atoms. The molecule has 0 atom stereocenters. The number of primary amides is 1. The highest BCUT2D eigenvalue weighted by molar-refractivity contribution is 5.95. The molecule has 0 heterocycles. The summed E-state index contributed by atoms with van der Waals surface area (Å²) in [5, 5.41) is 2.63. The van der Waals surface area contributed by atoms with Crippen LogP contribution in [0.5, 0.6) is 11.5 Å². The van der Waals surface area contributed by atoms with Crippen LogP contribution < -0.4 is 20.5 Å². The molecule has 0 aliphatic heterocycles. The van der Waals surface area contributed by atoms with Crippen LogP contribution in [0.1, 0.15) is 15.9 Å². The molecule has 0 aliphatic rings. The van der Waals surface area contributed by atoms with Crippen LogP contribution >= 0.6 is 0 Å². The number of esters is 1. The normalized spacial score (nSPS) is 9.96. The summed E-state index contributed by atoms with van der Waals surface area (Å²) < 4.78 is 15.1. The number of nitrogens with one attached hydrogen (secondary N) is 1. The van der Waals surface area contributed by atoms with Crippen LogP contribution in [0.3, 0.4) is 0 Å². The van der Waals surface area contributed by atoms with Gasteiger partial charge in [0.15, 0.2) is 13.2 Å². The molecule has 0 spiro atoms. The third kappa shape index (κ3) is 6.35. The molecule has 0 saturated carbocycles. The van der Waals surface area contributed by atoms with Crippen LogP contribution in [0.25, 0.3) is 0 Å². The van der Waals surface area contributed by atoms with Crippen molar-refractivity contribution in [2.75, 3.05) is 20.3 Å². The maximum absolute atomic E-state index is 11.7. The Labute approximate surface area is 156 Å². The number of amides is 2. The minimum atomic E-state index is -0.742. The van der Waals surface area contributed by atoms with Crippen molar-refractivity contribution in [2.45, 2.75) is 6.54 Å². The quantitative estimate of drug-likeness (QED) is 0.635. The predicted octanol–water partition coefficient (Wildman–Crippen LogP) is 1.03. The molecular weight excluding hydrogens is 352 g/mol. The van der Waals surface area contributed by atoms with E-state index in [4.69, 9.17) is 19.9 Å². The number of hydrogen-bond acceptors (Lipinski definition) is 6. The average molecular weight is 372 g/mol. The minimum Gasteiger partial charge on any atom is -0.497 e. The van der Waals surface area contributed by atoms with Gasteiger partial charge in [0.05, 0.1) is 12.7 Å². The molecule has 2 aromatic carbocycles. The van der Waals surface area contributed by atoms with E-state index in [0.29, 0.717) is 6.54 Å². The molecule has 0 aromatic heterocycles. The molecule has 27 heavy (non-hydrogen) atoms. The highest BCUT2D eigenvalue weighted by Crippen LogP contribution is 2.17. The Morgan fingerprint density at radius 2 is 1.70 bits per heavy atom. The predicted molar refractivity (Wildman–Crippen MR) is 96.3 cm³/mol. The summed E-state index contributed by atoms with van der Waals surface area (Å²) in [6, 6.07) is 13.4. The molecule has 2 aromatic rings. The maximum Gasteiger partial charge on any atom is 0.344 e. The van der Waals surface area contributed by atoms with Crippen molar-refractivity contribution in [1.29, 1.82) is 0 Å². The van der Waals surface area contributed by atoms with Gasteiger partial charge in [-0.15, -0.1) is 0 Å². The first-order valence-corrected chi connectivity index (χ1v) is 8.06. The smallest absolute Gasteiger partial charge is 0.344 e. The Hall–Kier alpha value is -3.55. The van der Waals surface area contributed by atoms with Gasteiger partial charge in [0, 0.05) is 6.54 Å². The molecule has 0 aliphatic carbocycles. The van der Waals surface area contributed by atoms with Gasteiger partial charge >= 0.3 is 5.97 Å². The lowest BCUT2D eigenvalue weighted by Gasteiger charge is -2.10. The van der Waals surface area contributed by atoms with Gasteiger partial charge in [-0.25, -0.2) is 4.79 Å². The van der Waals surface area contributed by atoms with Crippen molar-refractivity contribution in [3.8, 4) is 11.5 Å². The number of nitrogens with two attached hydrogens (primary N) is 1. The zero-order valence-corrected chi connectivity index (χ0v) is 14.8. The lowest BCUT2D eigenvalue weighted by molar-refractivity contribution is -0.150. The van der Waals surface area contributed by atoms with Crippen molar-refractivity contribution in [2.24, 2.45) is 5.73 Å². The number of carbonyl (C=O) groups is 3. The van der Waals surface area contributed by atoms with Gasteiger partial charge in [-0.05, 0) is 29.8 Å². The van der Waals surface area contributed by atoms with Gasteiger partial charge in [-0.2, -0.15) is 0 Å².